The van der Waals surface area contributed by atoms with E-state index in [2.05, 4.69) is 55.4 Å². The number of para-hydroxylation sites is 1. The van der Waals surface area contributed by atoms with Gasteiger partial charge in [0.15, 0.2) is 0 Å². The first-order chi connectivity index (χ1) is 13.7. The van der Waals surface area contributed by atoms with Crippen LogP contribution in [0, 0.1) is 6.92 Å². The van der Waals surface area contributed by atoms with Crippen LogP contribution in [0.3, 0.4) is 0 Å². The van der Waals surface area contributed by atoms with E-state index < -0.39 is 0 Å². The number of pyridine rings is 1. The van der Waals surface area contributed by atoms with E-state index in [0.717, 1.165) is 22.4 Å². The van der Waals surface area contributed by atoms with Crippen molar-refractivity contribution in [2.45, 2.75) is 46.5 Å². The lowest BCUT2D eigenvalue weighted by Crippen LogP contribution is -2.36. The molecule has 156 valence electrons. The molecule has 0 atom stereocenters. The second kappa shape index (κ2) is 10.2. The number of nitrogens with one attached hydrogen (secondary N) is 2. The molecular formula is C23H32N4O2. The summed E-state index contributed by atoms with van der Waals surface area (Å²) in [5.41, 5.74) is 4.16. The van der Waals surface area contributed by atoms with Gasteiger partial charge < -0.3 is 10.6 Å². The highest BCUT2D eigenvalue weighted by Gasteiger charge is 2.17. The number of hydrogen-bond donors (Lipinski definition) is 2. The minimum absolute atomic E-state index is 0.103. The first kappa shape index (κ1) is 22.6. The molecule has 6 heteroatoms. The zero-order valence-corrected chi connectivity index (χ0v) is 18.2. The fraction of sp³-hybridized carbons (Fsp3) is 0.435. The van der Waals surface area contributed by atoms with Crippen LogP contribution < -0.4 is 10.6 Å². The molecule has 2 amide bonds. The number of aryl methyl sites for hydroxylation is 1. The molecule has 29 heavy (non-hydrogen) atoms. The summed E-state index contributed by atoms with van der Waals surface area (Å²) >= 11 is 0. The monoisotopic (exact) mass is 396 g/mol. The average molecular weight is 397 g/mol. The molecule has 0 bridgehead atoms. The number of carbonyl (C=O) groups is 2. The molecule has 0 aliphatic heterocycles. The lowest BCUT2D eigenvalue weighted by atomic mass is 9.92. The van der Waals surface area contributed by atoms with Gasteiger partial charge in [0.05, 0.1) is 13.1 Å². The topological polar surface area (TPSA) is 74.3 Å². The summed E-state index contributed by atoms with van der Waals surface area (Å²) in [4.78, 5) is 30.7. The Morgan fingerprint density at radius 1 is 0.966 bits per heavy atom. The number of nitrogens with zero attached hydrogens (tertiary/aromatic N) is 2. The molecule has 2 rings (SSSR count). The van der Waals surface area contributed by atoms with Crippen LogP contribution in [-0.4, -0.2) is 41.8 Å². The van der Waals surface area contributed by atoms with Crippen molar-refractivity contribution in [3.8, 4) is 0 Å². The Labute approximate surface area is 173 Å². The number of benzene rings is 1. The molecule has 0 aliphatic carbocycles. The summed E-state index contributed by atoms with van der Waals surface area (Å²) in [6.07, 6.45) is 1.65. The highest BCUT2D eigenvalue weighted by atomic mass is 16.2. The van der Waals surface area contributed by atoms with Gasteiger partial charge in [0.2, 0.25) is 11.8 Å². The zero-order valence-electron chi connectivity index (χ0n) is 18.2. The molecule has 0 saturated carbocycles. The van der Waals surface area contributed by atoms with Gasteiger partial charge in [-0.2, -0.15) is 0 Å². The van der Waals surface area contributed by atoms with Crippen molar-refractivity contribution in [3.63, 3.8) is 0 Å². The second-order valence-electron chi connectivity index (χ2n) is 8.11. The molecule has 2 N–H and O–H groups in total. The van der Waals surface area contributed by atoms with Gasteiger partial charge in [-0.05, 0) is 54.6 Å². The first-order valence-electron chi connectivity index (χ1n) is 10.0. The van der Waals surface area contributed by atoms with Gasteiger partial charge in [-0.15, -0.1) is 0 Å². The molecule has 0 aliphatic rings. The van der Waals surface area contributed by atoms with Gasteiger partial charge in [-0.25, -0.2) is 4.98 Å². The Morgan fingerprint density at radius 2 is 1.52 bits per heavy atom. The predicted molar refractivity (Wildman–Crippen MR) is 118 cm³/mol. The molecule has 0 spiro atoms. The number of likely N-dealkylation sites (N-methyl/N-ethyl adjacent to an activating group) is 1. The minimum Gasteiger partial charge on any atom is -0.324 e. The fourth-order valence-electron chi connectivity index (χ4n) is 3.21. The van der Waals surface area contributed by atoms with E-state index >= 15 is 0 Å². The average Bonchev–Trinajstić information content (AvgIpc) is 2.60. The van der Waals surface area contributed by atoms with Crippen molar-refractivity contribution in [2.24, 2.45) is 0 Å². The van der Waals surface area contributed by atoms with E-state index in [1.165, 1.54) is 0 Å². The van der Waals surface area contributed by atoms with E-state index in [1.54, 1.807) is 24.2 Å². The van der Waals surface area contributed by atoms with Crippen molar-refractivity contribution in [1.82, 2.24) is 9.88 Å². The van der Waals surface area contributed by atoms with Crippen molar-refractivity contribution >= 4 is 23.3 Å². The van der Waals surface area contributed by atoms with Gasteiger partial charge in [0.25, 0.3) is 0 Å². The molecule has 1 aromatic heterocycles. The van der Waals surface area contributed by atoms with Gasteiger partial charge in [-0.1, -0.05) is 45.9 Å². The summed E-state index contributed by atoms with van der Waals surface area (Å²) in [6.45, 7) is 10.6. The third kappa shape index (κ3) is 6.68. The van der Waals surface area contributed by atoms with E-state index in [9.17, 15) is 9.59 Å². The van der Waals surface area contributed by atoms with Gasteiger partial charge >= 0.3 is 0 Å². The van der Waals surface area contributed by atoms with Crippen LogP contribution in [0.4, 0.5) is 11.5 Å². The fourth-order valence-corrected chi connectivity index (χ4v) is 3.21. The highest BCUT2D eigenvalue weighted by Crippen LogP contribution is 2.32. The number of anilines is 2. The SMILES string of the molecule is Cc1ccnc(NC(=O)CN(C)CC(=O)Nc2c(C(C)C)cccc2C(C)C)c1. The third-order valence-corrected chi connectivity index (χ3v) is 4.65. The Bertz CT molecular complexity index is 835. The summed E-state index contributed by atoms with van der Waals surface area (Å²) in [5, 5.41) is 5.84. The molecule has 1 heterocycles. The summed E-state index contributed by atoms with van der Waals surface area (Å²) in [6, 6.07) is 9.82. The molecule has 0 unspecified atom stereocenters. The maximum absolute atomic E-state index is 12.7. The summed E-state index contributed by atoms with van der Waals surface area (Å²) in [5.74, 6) is 0.775. The molecule has 0 fully saturated rings. The molecule has 2 aromatic rings. The van der Waals surface area contributed by atoms with Crippen LogP contribution in [-0.2, 0) is 9.59 Å². The lowest BCUT2D eigenvalue weighted by Gasteiger charge is -2.21. The van der Waals surface area contributed by atoms with Gasteiger partial charge in [0.1, 0.15) is 5.82 Å². The smallest absolute Gasteiger partial charge is 0.239 e. The van der Waals surface area contributed by atoms with Crippen molar-refractivity contribution in [2.75, 3.05) is 30.8 Å². The largest absolute Gasteiger partial charge is 0.324 e. The summed E-state index contributed by atoms with van der Waals surface area (Å²) in [7, 11) is 1.75. The number of hydrogen-bond acceptors (Lipinski definition) is 4. The zero-order chi connectivity index (χ0) is 21.6. The standard InChI is InChI=1S/C23H32N4O2/c1-15(2)18-8-7-9-19(16(3)4)23(18)26-22(29)14-27(6)13-21(28)25-20-12-17(5)10-11-24-20/h7-12,15-16H,13-14H2,1-6H3,(H,26,29)(H,24,25,28). The van der Waals surface area contributed by atoms with Crippen LogP contribution in [0.1, 0.15) is 56.2 Å². The van der Waals surface area contributed by atoms with Crippen LogP contribution in [0.15, 0.2) is 36.5 Å². The second-order valence-corrected chi connectivity index (χ2v) is 8.11. The maximum Gasteiger partial charge on any atom is 0.239 e. The van der Waals surface area contributed by atoms with Crippen molar-refractivity contribution in [3.05, 3.63) is 53.2 Å². The van der Waals surface area contributed by atoms with E-state index in [1.807, 2.05) is 19.1 Å². The number of amides is 2. The number of rotatable bonds is 8. The Hall–Kier alpha value is -2.73. The van der Waals surface area contributed by atoms with Crippen LogP contribution in [0.5, 0.6) is 0 Å². The highest BCUT2D eigenvalue weighted by molar-refractivity contribution is 5.95. The van der Waals surface area contributed by atoms with Crippen LogP contribution in [0.2, 0.25) is 0 Å². The lowest BCUT2D eigenvalue weighted by molar-refractivity contribution is -0.119. The Balaban J connectivity index is 1.99. The van der Waals surface area contributed by atoms with Gasteiger partial charge in [0, 0.05) is 11.9 Å². The van der Waals surface area contributed by atoms with E-state index in [-0.39, 0.29) is 24.9 Å². The number of aromatic nitrogens is 1. The molecule has 1 aromatic carbocycles. The predicted octanol–water partition coefficient (Wildman–Crippen LogP) is 4.15. The van der Waals surface area contributed by atoms with E-state index in [0.29, 0.717) is 17.7 Å². The third-order valence-electron chi connectivity index (χ3n) is 4.65. The molecule has 0 radical (unpaired) electrons. The Kier molecular flexibility index (Phi) is 7.91. The Morgan fingerprint density at radius 3 is 2.03 bits per heavy atom. The molecule has 0 saturated heterocycles. The number of carbonyl (C=O) groups excluding carboxylic acids is 2. The van der Waals surface area contributed by atoms with E-state index in [4.69, 9.17) is 0 Å². The van der Waals surface area contributed by atoms with Crippen molar-refractivity contribution < 1.29 is 9.59 Å². The van der Waals surface area contributed by atoms with Crippen LogP contribution in [0.25, 0.3) is 0 Å². The molecule has 6 nitrogen and oxygen atoms in total. The normalized spacial score (nSPS) is 11.2. The van der Waals surface area contributed by atoms with Crippen LogP contribution >= 0.6 is 0 Å². The maximum atomic E-state index is 12.7. The first-order valence-corrected chi connectivity index (χ1v) is 10.0. The van der Waals surface area contributed by atoms with Crippen molar-refractivity contribution in [1.29, 1.82) is 0 Å². The van der Waals surface area contributed by atoms with Gasteiger partial charge in [-0.3, -0.25) is 14.5 Å². The quantitative estimate of drug-likeness (QED) is 0.703. The summed E-state index contributed by atoms with van der Waals surface area (Å²) < 4.78 is 0. The minimum atomic E-state index is -0.205. The molecular weight excluding hydrogens is 364 g/mol.